The summed E-state index contributed by atoms with van der Waals surface area (Å²) in [5.74, 6) is 0. The standard InChI is InChI=1S/C13H12N2O2/c1-2-17-13(16)15-9-7-11-5-3-4-10(6-8-14)12(11)15/h3-5,7,9H,2,6H2,1H3. The first-order valence-electron chi connectivity index (χ1n) is 5.41. The van der Waals surface area contributed by atoms with Crippen LogP contribution in [0.25, 0.3) is 10.9 Å². The average Bonchev–Trinajstić information content (AvgIpc) is 2.74. The van der Waals surface area contributed by atoms with E-state index < -0.39 is 6.09 Å². The molecule has 0 amide bonds. The molecule has 4 heteroatoms. The molecule has 0 saturated carbocycles. The minimum absolute atomic E-state index is 0.279. The van der Waals surface area contributed by atoms with Gasteiger partial charge in [0.25, 0.3) is 0 Å². The third kappa shape index (κ3) is 2.00. The van der Waals surface area contributed by atoms with Gasteiger partial charge in [0, 0.05) is 11.6 Å². The molecule has 0 unspecified atom stereocenters. The number of fused-ring (bicyclic) bond motifs is 1. The maximum Gasteiger partial charge on any atom is 0.418 e. The molecule has 0 bridgehead atoms. The molecular formula is C13H12N2O2. The second-order valence-corrected chi connectivity index (χ2v) is 3.57. The SMILES string of the molecule is CCOC(=O)n1ccc2cccc(CC#N)c21. The van der Waals surface area contributed by atoms with E-state index in [9.17, 15) is 4.79 Å². The molecule has 0 radical (unpaired) electrons. The number of carbonyl (C=O) groups is 1. The summed E-state index contributed by atoms with van der Waals surface area (Å²) in [5, 5.41) is 9.71. The van der Waals surface area contributed by atoms with Crippen LogP contribution >= 0.6 is 0 Å². The fraction of sp³-hybridized carbons (Fsp3) is 0.231. The number of rotatable bonds is 2. The lowest BCUT2D eigenvalue weighted by Gasteiger charge is -2.06. The molecule has 1 heterocycles. The third-order valence-corrected chi connectivity index (χ3v) is 2.53. The fourth-order valence-electron chi connectivity index (χ4n) is 1.84. The van der Waals surface area contributed by atoms with E-state index in [1.54, 1.807) is 13.1 Å². The van der Waals surface area contributed by atoms with E-state index >= 15 is 0 Å². The van der Waals surface area contributed by atoms with Crippen molar-refractivity contribution in [3.63, 3.8) is 0 Å². The van der Waals surface area contributed by atoms with E-state index in [-0.39, 0.29) is 6.42 Å². The Bertz CT molecular complexity index is 593. The van der Waals surface area contributed by atoms with Crippen LogP contribution in [0.1, 0.15) is 12.5 Å². The van der Waals surface area contributed by atoms with Gasteiger partial charge in [-0.1, -0.05) is 18.2 Å². The number of benzene rings is 1. The smallest absolute Gasteiger partial charge is 0.418 e. The summed E-state index contributed by atoms with van der Waals surface area (Å²) in [5.41, 5.74) is 1.59. The number of aromatic nitrogens is 1. The molecule has 0 fully saturated rings. The summed E-state index contributed by atoms with van der Waals surface area (Å²) >= 11 is 0. The van der Waals surface area contributed by atoms with Crippen LogP contribution in [-0.4, -0.2) is 17.3 Å². The predicted molar refractivity (Wildman–Crippen MR) is 63.7 cm³/mol. The van der Waals surface area contributed by atoms with Crippen molar-refractivity contribution < 1.29 is 9.53 Å². The third-order valence-electron chi connectivity index (χ3n) is 2.53. The molecule has 0 aliphatic carbocycles. The van der Waals surface area contributed by atoms with Gasteiger partial charge in [-0.25, -0.2) is 4.79 Å². The summed E-state index contributed by atoms with van der Waals surface area (Å²) in [4.78, 5) is 11.7. The van der Waals surface area contributed by atoms with Crippen molar-refractivity contribution >= 4 is 17.0 Å². The predicted octanol–water partition coefficient (Wildman–Crippen LogP) is 2.71. The second-order valence-electron chi connectivity index (χ2n) is 3.57. The van der Waals surface area contributed by atoms with E-state index in [2.05, 4.69) is 6.07 Å². The van der Waals surface area contributed by atoms with E-state index in [0.29, 0.717) is 6.61 Å². The van der Waals surface area contributed by atoms with Crippen LogP contribution in [-0.2, 0) is 11.2 Å². The maximum atomic E-state index is 11.7. The largest absolute Gasteiger partial charge is 0.449 e. The summed E-state index contributed by atoms with van der Waals surface area (Å²) in [6.45, 7) is 2.10. The maximum absolute atomic E-state index is 11.7. The van der Waals surface area contributed by atoms with Gasteiger partial charge >= 0.3 is 6.09 Å². The highest BCUT2D eigenvalue weighted by molar-refractivity contribution is 5.91. The van der Waals surface area contributed by atoms with Crippen molar-refractivity contribution in [1.29, 1.82) is 5.26 Å². The Balaban J connectivity index is 2.57. The van der Waals surface area contributed by atoms with Gasteiger partial charge < -0.3 is 4.74 Å². The van der Waals surface area contributed by atoms with Crippen LogP contribution in [0.5, 0.6) is 0 Å². The zero-order valence-electron chi connectivity index (χ0n) is 9.51. The molecule has 0 spiro atoms. The zero-order chi connectivity index (χ0) is 12.3. The highest BCUT2D eigenvalue weighted by Crippen LogP contribution is 2.21. The molecule has 1 aromatic heterocycles. The van der Waals surface area contributed by atoms with Crippen molar-refractivity contribution in [2.75, 3.05) is 6.61 Å². The van der Waals surface area contributed by atoms with Crippen LogP contribution in [0.4, 0.5) is 4.79 Å². The van der Waals surface area contributed by atoms with E-state index in [4.69, 9.17) is 10.00 Å². The molecule has 4 nitrogen and oxygen atoms in total. The van der Waals surface area contributed by atoms with Crippen LogP contribution in [0, 0.1) is 11.3 Å². The minimum atomic E-state index is -0.409. The molecule has 0 atom stereocenters. The van der Waals surface area contributed by atoms with Crippen molar-refractivity contribution in [2.24, 2.45) is 0 Å². The van der Waals surface area contributed by atoms with E-state index in [1.807, 2.05) is 24.3 Å². The highest BCUT2D eigenvalue weighted by Gasteiger charge is 2.12. The first-order valence-corrected chi connectivity index (χ1v) is 5.41. The molecule has 0 saturated heterocycles. The van der Waals surface area contributed by atoms with Gasteiger partial charge in [0.1, 0.15) is 0 Å². The zero-order valence-corrected chi connectivity index (χ0v) is 9.51. The number of nitrogens with zero attached hydrogens (tertiary/aromatic N) is 2. The van der Waals surface area contributed by atoms with Crippen LogP contribution < -0.4 is 0 Å². The number of hydrogen-bond donors (Lipinski definition) is 0. The Morgan fingerprint density at radius 2 is 2.29 bits per heavy atom. The molecule has 86 valence electrons. The number of para-hydroxylation sites is 1. The Kier molecular flexibility index (Phi) is 3.10. The second kappa shape index (κ2) is 4.71. The monoisotopic (exact) mass is 228 g/mol. The summed E-state index contributed by atoms with van der Waals surface area (Å²) in [7, 11) is 0. The van der Waals surface area contributed by atoms with Gasteiger partial charge in [-0.15, -0.1) is 0 Å². The molecule has 17 heavy (non-hydrogen) atoms. The van der Waals surface area contributed by atoms with Gasteiger partial charge in [-0.2, -0.15) is 5.26 Å². The fourth-order valence-corrected chi connectivity index (χ4v) is 1.84. The molecular weight excluding hydrogens is 216 g/mol. The lowest BCUT2D eigenvalue weighted by molar-refractivity contribution is 0.155. The van der Waals surface area contributed by atoms with Crippen molar-refractivity contribution in [2.45, 2.75) is 13.3 Å². The Morgan fingerprint density at radius 3 is 3.00 bits per heavy atom. The van der Waals surface area contributed by atoms with Gasteiger partial charge in [0.05, 0.1) is 24.6 Å². The Hall–Kier alpha value is -2.28. The van der Waals surface area contributed by atoms with Gasteiger partial charge in [-0.3, -0.25) is 4.57 Å². The normalized spacial score (nSPS) is 10.1. The number of nitriles is 1. The first kappa shape index (κ1) is 11.2. The molecule has 0 N–H and O–H groups in total. The Labute approximate surface area is 99.0 Å². The molecule has 0 aliphatic heterocycles. The lowest BCUT2D eigenvalue weighted by Crippen LogP contribution is -2.12. The van der Waals surface area contributed by atoms with Crippen molar-refractivity contribution in [1.82, 2.24) is 4.57 Å². The average molecular weight is 228 g/mol. The quantitative estimate of drug-likeness (QED) is 0.794. The van der Waals surface area contributed by atoms with Gasteiger partial charge in [0.2, 0.25) is 0 Å². The highest BCUT2D eigenvalue weighted by atomic mass is 16.5. The van der Waals surface area contributed by atoms with Crippen molar-refractivity contribution in [3.05, 3.63) is 36.0 Å². The molecule has 1 aromatic carbocycles. The summed E-state index contributed by atoms with van der Waals surface area (Å²) < 4.78 is 6.42. The van der Waals surface area contributed by atoms with Crippen molar-refractivity contribution in [3.8, 4) is 6.07 Å². The Morgan fingerprint density at radius 1 is 1.47 bits per heavy atom. The number of ether oxygens (including phenoxy) is 1. The minimum Gasteiger partial charge on any atom is -0.449 e. The van der Waals surface area contributed by atoms with Crippen LogP contribution in [0.2, 0.25) is 0 Å². The number of carbonyl (C=O) groups excluding carboxylic acids is 1. The summed E-state index contributed by atoms with van der Waals surface area (Å²) in [6, 6.07) is 9.58. The first-order chi connectivity index (χ1) is 8.27. The van der Waals surface area contributed by atoms with Crippen LogP contribution in [0.15, 0.2) is 30.5 Å². The summed E-state index contributed by atoms with van der Waals surface area (Å²) in [6.07, 6.45) is 1.54. The van der Waals surface area contributed by atoms with Gasteiger partial charge in [-0.05, 0) is 18.6 Å². The lowest BCUT2D eigenvalue weighted by atomic mass is 10.1. The van der Waals surface area contributed by atoms with Crippen LogP contribution in [0.3, 0.4) is 0 Å². The number of hydrogen-bond acceptors (Lipinski definition) is 3. The van der Waals surface area contributed by atoms with Gasteiger partial charge in [0.15, 0.2) is 0 Å². The molecule has 2 aromatic rings. The van der Waals surface area contributed by atoms with E-state index in [0.717, 1.165) is 16.5 Å². The van der Waals surface area contributed by atoms with E-state index in [1.165, 1.54) is 4.57 Å². The topological polar surface area (TPSA) is 55.0 Å². The molecule has 2 rings (SSSR count). The molecule has 0 aliphatic rings.